The zero-order valence-corrected chi connectivity index (χ0v) is 14.4. The number of benzene rings is 2. The number of ketones is 1. The maximum absolute atomic E-state index is 11.3. The second-order valence-corrected chi connectivity index (χ2v) is 5.87. The molecule has 6 nitrogen and oxygen atoms in total. The molecular weight excluding hydrogens is 314 g/mol. The summed E-state index contributed by atoms with van der Waals surface area (Å²) in [6, 6.07) is 13.3. The van der Waals surface area contributed by atoms with Crippen molar-refractivity contribution in [1.82, 2.24) is 15.2 Å². The average Bonchev–Trinajstić information content (AvgIpc) is 2.58. The van der Waals surface area contributed by atoms with Crippen LogP contribution in [0.25, 0.3) is 0 Å². The molecule has 0 atom stereocenters. The van der Waals surface area contributed by atoms with Crippen molar-refractivity contribution in [2.45, 2.75) is 20.8 Å². The fourth-order valence-corrected chi connectivity index (χ4v) is 2.43. The van der Waals surface area contributed by atoms with Gasteiger partial charge in [0.05, 0.1) is 6.20 Å². The van der Waals surface area contributed by atoms with Crippen LogP contribution in [0.15, 0.2) is 48.7 Å². The molecule has 0 bridgehead atoms. The maximum atomic E-state index is 11.3. The normalized spacial score (nSPS) is 10.4. The van der Waals surface area contributed by atoms with E-state index < -0.39 is 0 Å². The first kappa shape index (κ1) is 16.6. The predicted octanol–water partition coefficient (Wildman–Crippen LogP) is 4.18. The van der Waals surface area contributed by atoms with Crippen molar-refractivity contribution in [2.75, 3.05) is 10.6 Å². The van der Waals surface area contributed by atoms with E-state index in [0.29, 0.717) is 17.3 Å². The van der Waals surface area contributed by atoms with E-state index in [1.54, 1.807) is 18.3 Å². The van der Waals surface area contributed by atoms with Crippen LogP contribution < -0.4 is 10.6 Å². The number of nitrogens with one attached hydrogen (secondary N) is 2. The summed E-state index contributed by atoms with van der Waals surface area (Å²) < 4.78 is 0. The molecule has 0 spiro atoms. The van der Waals surface area contributed by atoms with Crippen LogP contribution in [0.3, 0.4) is 0 Å². The van der Waals surface area contributed by atoms with Crippen LogP contribution in [0, 0.1) is 13.8 Å². The van der Waals surface area contributed by atoms with E-state index in [0.717, 1.165) is 16.9 Å². The minimum Gasteiger partial charge on any atom is -0.339 e. The van der Waals surface area contributed by atoms with Gasteiger partial charge in [-0.2, -0.15) is 10.1 Å². The molecule has 0 aliphatic rings. The molecule has 126 valence electrons. The Labute approximate surface area is 146 Å². The van der Waals surface area contributed by atoms with Gasteiger partial charge in [-0.1, -0.05) is 17.7 Å². The van der Waals surface area contributed by atoms with Gasteiger partial charge in [0.1, 0.15) is 0 Å². The third-order valence-corrected chi connectivity index (χ3v) is 3.75. The molecule has 25 heavy (non-hydrogen) atoms. The number of carbonyl (C=O) groups excluding carboxylic acids is 1. The monoisotopic (exact) mass is 333 g/mol. The number of rotatable bonds is 5. The summed E-state index contributed by atoms with van der Waals surface area (Å²) in [6.45, 7) is 5.64. The van der Waals surface area contributed by atoms with Crippen molar-refractivity contribution >= 4 is 28.9 Å². The van der Waals surface area contributed by atoms with Gasteiger partial charge in [-0.05, 0) is 56.7 Å². The molecule has 1 aromatic heterocycles. The Morgan fingerprint density at radius 1 is 1.00 bits per heavy atom. The van der Waals surface area contributed by atoms with Gasteiger partial charge in [0.2, 0.25) is 5.95 Å². The van der Waals surface area contributed by atoms with Gasteiger partial charge in [-0.15, -0.1) is 5.10 Å². The van der Waals surface area contributed by atoms with Gasteiger partial charge in [0.15, 0.2) is 11.6 Å². The molecule has 3 aromatic rings. The number of Topliss-reactive ketones (excluding diaryl/α,β-unsaturated/α-hetero) is 1. The molecule has 3 rings (SSSR count). The largest absolute Gasteiger partial charge is 0.339 e. The Hall–Kier alpha value is -3.28. The summed E-state index contributed by atoms with van der Waals surface area (Å²) >= 11 is 0. The van der Waals surface area contributed by atoms with Crippen LogP contribution in [0.4, 0.5) is 23.1 Å². The highest BCUT2D eigenvalue weighted by molar-refractivity contribution is 5.94. The van der Waals surface area contributed by atoms with E-state index in [4.69, 9.17) is 0 Å². The number of carbonyl (C=O) groups is 1. The van der Waals surface area contributed by atoms with Crippen molar-refractivity contribution in [2.24, 2.45) is 0 Å². The zero-order valence-electron chi connectivity index (χ0n) is 14.4. The van der Waals surface area contributed by atoms with Gasteiger partial charge < -0.3 is 10.6 Å². The molecule has 0 radical (unpaired) electrons. The molecule has 0 unspecified atom stereocenters. The summed E-state index contributed by atoms with van der Waals surface area (Å²) in [5.41, 5.74) is 4.77. The first-order valence-corrected chi connectivity index (χ1v) is 7.93. The Kier molecular flexibility index (Phi) is 4.70. The number of aryl methyl sites for hydroxylation is 2. The molecule has 6 heteroatoms. The highest BCUT2D eigenvalue weighted by atomic mass is 16.1. The lowest BCUT2D eigenvalue weighted by Crippen LogP contribution is -2.03. The third kappa shape index (κ3) is 4.17. The number of aromatic nitrogens is 3. The van der Waals surface area contributed by atoms with Crippen molar-refractivity contribution in [1.29, 1.82) is 0 Å². The third-order valence-electron chi connectivity index (χ3n) is 3.75. The van der Waals surface area contributed by atoms with Crippen LogP contribution in [0.1, 0.15) is 28.4 Å². The van der Waals surface area contributed by atoms with Crippen molar-refractivity contribution in [3.8, 4) is 0 Å². The van der Waals surface area contributed by atoms with Crippen LogP contribution in [0.2, 0.25) is 0 Å². The van der Waals surface area contributed by atoms with Gasteiger partial charge >= 0.3 is 0 Å². The lowest BCUT2D eigenvalue weighted by molar-refractivity contribution is 0.101. The van der Waals surface area contributed by atoms with Gasteiger partial charge in [0, 0.05) is 16.9 Å². The summed E-state index contributed by atoms with van der Waals surface area (Å²) in [7, 11) is 0. The summed E-state index contributed by atoms with van der Waals surface area (Å²) in [5.74, 6) is 1.01. The number of hydrogen-bond acceptors (Lipinski definition) is 6. The predicted molar refractivity (Wildman–Crippen MR) is 98.8 cm³/mol. The first-order valence-electron chi connectivity index (χ1n) is 7.93. The standard InChI is InChI=1S/C19H19N5O/c1-12-4-9-17(13(2)10-12)22-18-11-20-24-19(23-18)21-16-7-5-15(6-8-16)14(3)25/h4-11H,1-3H3,(H2,21,22,23,24). The molecule has 0 fully saturated rings. The summed E-state index contributed by atoms with van der Waals surface area (Å²) in [4.78, 5) is 15.7. The minimum atomic E-state index is 0.0316. The van der Waals surface area contributed by atoms with Crippen LogP contribution in [0.5, 0.6) is 0 Å². The quantitative estimate of drug-likeness (QED) is 0.682. The summed E-state index contributed by atoms with van der Waals surface area (Å²) in [6.07, 6.45) is 1.57. The van der Waals surface area contributed by atoms with Crippen molar-refractivity contribution < 1.29 is 4.79 Å². The van der Waals surface area contributed by atoms with Crippen molar-refractivity contribution in [3.63, 3.8) is 0 Å². The molecule has 2 N–H and O–H groups in total. The maximum Gasteiger partial charge on any atom is 0.249 e. The Balaban J connectivity index is 1.76. The Morgan fingerprint density at radius 3 is 2.44 bits per heavy atom. The lowest BCUT2D eigenvalue weighted by Gasteiger charge is -2.10. The van der Waals surface area contributed by atoms with Gasteiger partial charge in [-0.3, -0.25) is 4.79 Å². The van der Waals surface area contributed by atoms with Crippen LogP contribution in [-0.2, 0) is 0 Å². The Bertz CT molecular complexity index is 906. The fourth-order valence-electron chi connectivity index (χ4n) is 2.43. The number of nitrogens with zero attached hydrogens (tertiary/aromatic N) is 3. The summed E-state index contributed by atoms with van der Waals surface area (Å²) in [5, 5.41) is 14.3. The second-order valence-electron chi connectivity index (χ2n) is 5.87. The fraction of sp³-hybridized carbons (Fsp3) is 0.158. The van der Waals surface area contributed by atoms with E-state index in [9.17, 15) is 4.79 Å². The molecule has 0 amide bonds. The highest BCUT2D eigenvalue weighted by Gasteiger charge is 2.05. The van der Waals surface area contributed by atoms with E-state index >= 15 is 0 Å². The second kappa shape index (κ2) is 7.09. The van der Waals surface area contributed by atoms with Crippen LogP contribution >= 0.6 is 0 Å². The van der Waals surface area contributed by atoms with Crippen LogP contribution in [-0.4, -0.2) is 21.0 Å². The minimum absolute atomic E-state index is 0.0316. The molecule has 2 aromatic carbocycles. The highest BCUT2D eigenvalue weighted by Crippen LogP contribution is 2.21. The zero-order chi connectivity index (χ0) is 17.8. The SMILES string of the molecule is CC(=O)c1ccc(Nc2nncc(Nc3ccc(C)cc3C)n2)cc1. The molecule has 1 heterocycles. The first-order chi connectivity index (χ1) is 12.0. The number of anilines is 4. The average molecular weight is 333 g/mol. The smallest absolute Gasteiger partial charge is 0.249 e. The molecule has 0 saturated carbocycles. The molecular formula is C19H19N5O. The lowest BCUT2D eigenvalue weighted by atomic mass is 10.1. The van der Waals surface area contributed by atoms with Crippen molar-refractivity contribution in [3.05, 3.63) is 65.4 Å². The topological polar surface area (TPSA) is 79.8 Å². The van der Waals surface area contributed by atoms with Gasteiger partial charge in [0.25, 0.3) is 0 Å². The number of hydrogen-bond donors (Lipinski definition) is 2. The molecule has 0 aliphatic heterocycles. The van der Waals surface area contributed by atoms with E-state index in [2.05, 4.69) is 38.8 Å². The van der Waals surface area contributed by atoms with E-state index in [-0.39, 0.29) is 5.78 Å². The van der Waals surface area contributed by atoms with E-state index in [1.807, 2.05) is 31.2 Å². The van der Waals surface area contributed by atoms with E-state index in [1.165, 1.54) is 12.5 Å². The Morgan fingerprint density at radius 2 is 1.76 bits per heavy atom. The molecule has 0 aliphatic carbocycles. The molecule has 0 saturated heterocycles. The van der Waals surface area contributed by atoms with Gasteiger partial charge in [-0.25, -0.2) is 0 Å².